The van der Waals surface area contributed by atoms with Crippen LogP contribution in [0, 0.1) is 6.92 Å². The maximum absolute atomic E-state index is 13.9. The molecule has 0 amide bonds. The first-order valence-corrected chi connectivity index (χ1v) is 13.8. The van der Waals surface area contributed by atoms with Gasteiger partial charge in [0.15, 0.2) is 5.82 Å². The van der Waals surface area contributed by atoms with Crippen LogP contribution in [0.25, 0.3) is 33.2 Å². The molecule has 0 unspecified atom stereocenters. The summed E-state index contributed by atoms with van der Waals surface area (Å²) >= 11 is 0. The highest BCUT2D eigenvalue weighted by atomic mass is 16.5. The highest BCUT2D eigenvalue weighted by Crippen LogP contribution is 2.34. The Balaban J connectivity index is 1.73. The van der Waals surface area contributed by atoms with Crippen molar-refractivity contribution in [1.82, 2.24) is 14.2 Å². The van der Waals surface area contributed by atoms with E-state index in [1.807, 2.05) is 73.1 Å². The van der Waals surface area contributed by atoms with Crippen molar-refractivity contribution in [2.75, 3.05) is 13.7 Å². The molecule has 1 atom stereocenters. The zero-order valence-electron chi connectivity index (χ0n) is 24.2. The molecule has 0 fully saturated rings. The fourth-order valence-electron chi connectivity index (χ4n) is 5.14. The topological polar surface area (TPSA) is 87.7 Å². The van der Waals surface area contributed by atoms with Crippen LogP contribution in [0.4, 0.5) is 0 Å². The van der Waals surface area contributed by atoms with Gasteiger partial charge in [0, 0.05) is 28.2 Å². The lowest BCUT2D eigenvalue weighted by atomic mass is 9.96. The lowest BCUT2D eigenvalue weighted by molar-refractivity contribution is -0.143. The maximum Gasteiger partial charge on any atom is 0.328 e. The fraction of sp³-hybridized carbons (Fsp3) is 0.273. The quantitative estimate of drug-likeness (QED) is 0.163. The third-order valence-electron chi connectivity index (χ3n) is 7.32. The minimum absolute atomic E-state index is 0.197. The summed E-state index contributed by atoms with van der Waals surface area (Å²) in [5, 5.41) is 6.09. The number of nitrogens with zero attached hydrogens (tertiary/aromatic N) is 4. The number of hydrogen-bond acceptors (Lipinski definition) is 6. The van der Waals surface area contributed by atoms with Crippen molar-refractivity contribution in [1.29, 1.82) is 0 Å². The van der Waals surface area contributed by atoms with E-state index in [0.29, 0.717) is 23.3 Å². The Morgan fingerprint density at radius 2 is 1.76 bits per heavy atom. The van der Waals surface area contributed by atoms with Gasteiger partial charge in [0.1, 0.15) is 11.8 Å². The van der Waals surface area contributed by atoms with Crippen LogP contribution < -0.4 is 10.3 Å². The Morgan fingerprint density at radius 1 is 1.05 bits per heavy atom. The molecule has 3 aromatic carbocycles. The second-order valence-corrected chi connectivity index (χ2v) is 10.3. The molecule has 0 bridgehead atoms. The van der Waals surface area contributed by atoms with Crippen LogP contribution in [0.5, 0.6) is 5.75 Å². The SMILES string of the molecule is CCOc1cc(C)c(-c2nc3ccccc3c(=O)n2N=Cc2cn([C@H](C)C(=O)OC)c3ccccc23)cc1C(C)C. The van der Waals surface area contributed by atoms with E-state index in [-0.39, 0.29) is 17.4 Å². The largest absolute Gasteiger partial charge is 0.494 e. The van der Waals surface area contributed by atoms with Crippen molar-refractivity contribution in [3.63, 3.8) is 0 Å². The molecule has 0 aliphatic heterocycles. The van der Waals surface area contributed by atoms with Gasteiger partial charge in [-0.3, -0.25) is 4.79 Å². The standard InChI is InChI=1S/C33H34N4O4/c1-7-41-30-16-21(4)27(17-26(30)20(2)3)31-35-28-14-10-8-13-25(28)32(38)37(31)34-18-23-19-36(22(5)33(39)40-6)29-15-11-9-12-24(23)29/h8-20,22H,7H2,1-6H3/t22-/m1/s1. The van der Waals surface area contributed by atoms with Crippen LogP contribution in [0.2, 0.25) is 0 Å². The van der Waals surface area contributed by atoms with E-state index >= 15 is 0 Å². The number of para-hydroxylation sites is 2. The highest BCUT2D eigenvalue weighted by molar-refractivity contribution is 6.00. The van der Waals surface area contributed by atoms with Crippen LogP contribution in [-0.4, -0.2) is 40.1 Å². The molecular formula is C33H34N4O4. The number of rotatable bonds is 8. The molecule has 0 saturated heterocycles. The molecule has 5 aromatic rings. The van der Waals surface area contributed by atoms with Crippen molar-refractivity contribution >= 4 is 34.0 Å². The second kappa shape index (κ2) is 11.4. The Bertz CT molecular complexity index is 1850. The molecule has 2 aromatic heterocycles. The Morgan fingerprint density at radius 3 is 2.46 bits per heavy atom. The summed E-state index contributed by atoms with van der Waals surface area (Å²) in [6.07, 6.45) is 3.51. The number of hydrogen-bond donors (Lipinski definition) is 0. The summed E-state index contributed by atoms with van der Waals surface area (Å²) in [5.74, 6) is 1.12. The third-order valence-corrected chi connectivity index (χ3v) is 7.32. The molecule has 5 rings (SSSR count). The number of aryl methyl sites for hydroxylation is 1. The summed E-state index contributed by atoms with van der Waals surface area (Å²) in [7, 11) is 1.38. The van der Waals surface area contributed by atoms with E-state index in [0.717, 1.165) is 38.9 Å². The van der Waals surface area contributed by atoms with Crippen LogP contribution >= 0.6 is 0 Å². The Kier molecular flexibility index (Phi) is 7.75. The van der Waals surface area contributed by atoms with Crippen molar-refractivity contribution in [2.24, 2.45) is 5.10 Å². The van der Waals surface area contributed by atoms with Gasteiger partial charge in [-0.15, -0.1) is 0 Å². The normalized spacial score (nSPS) is 12.5. The Labute approximate surface area is 238 Å². The minimum Gasteiger partial charge on any atom is -0.494 e. The summed E-state index contributed by atoms with van der Waals surface area (Å²) in [4.78, 5) is 31.1. The molecule has 0 aliphatic rings. The number of carbonyl (C=O) groups is 1. The molecule has 0 saturated carbocycles. The van der Waals surface area contributed by atoms with Gasteiger partial charge >= 0.3 is 5.97 Å². The van der Waals surface area contributed by atoms with Gasteiger partial charge < -0.3 is 14.0 Å². The van der Waals surface area contributed by atoms with Crippen molar-refractivity contribution in [3.8, 4) is 17.1 Å². The maximum atomic E-state index is 13.9. The first-order valence-electron chi connectivity index (χ1n) is 13.8. The fourth-order valence-corrected chi connectivity index (χ4v) is 5.14. The number of carbonyl (C=O) groups excluding carboxylic acids is 1. The monoisotopic (exact) mass is 550 g/mol. The number of ether oxygens (including phenoxy) is 2. The summed E-state index contributed by atoms with van der Waals surface area (Å²) in [6, 6.07) is 18.6. The van der Waals surface area contributed by atoms with E-state index in [9.17, 15) is 9.59 Å². The highest BCUT2D eigenvalue weighted by Gasteiger charge is 2.20. The number of aromatic nitrogens is 3. The molecule has 8 nitrogen and oxygen atoms in total. The molecule has 8 heteroatoms. The molecule has 0 aliphatic carbocycles. The zero-order valence-corrected chi connectivity index (χ0v) is 24.2. The van der Waals surface area contributed by atoms with Crippen molar-refractivity contribution in [2.45, 2.75) is 46.6 Å². The Hall–Kier alpha value is -4.72. The van der Waals surface area contributed by atoms with E-state index in [1.165, 1.54) is 11.8 Å². The predicted molar refractivity (Wildman–Crippen MR) is 163 cm³/mol. The summed E-state index contributed by atoms with van der Waals surface area (Å²) in [5.41, 5.74) is 4.71. The van der Waals surface area contributed by atoms with Crippen LogP contribution in [-0.2, 0) is 9.53 Å². The van der Waals surface area contributed by atoms with Crippen LogP contribution in [0.3, 0.4) is 0 Å². The molecule has 0 spiro atoms. The van der Waals surface area contributed by atoms with Crippen molar-refractivity contribution < 1.29 is 14.3 Å². The molecule has 210 valence electrons. The summed E-state index contributed by atoms with van der Waals surface area (Å²) in [6.45, 7) is 10.5. The zero-order chi connectivity index (χ0) is 29.3. The average molecular weight is 551 g/mol. The van der Waals surface area contributed by atoms with E-state index in [4.69, 9.17) is 19.6 Å². The van der Waals surface area contributed by atoms with Crippen LogP contribution in [0.1, 0.15) is 56.3 Å². The lowest BCUT2D eigenvalue weighted by Crippen LogP contribution is -2.21. The van der Waals surface area contributed by atoms with Gasteiger partial charge in [0.05, 0.1) is 30.8 Å². The molecule has 41 heavy (non-hydrogen) atoms. The molecule has 2 heterocycles. The first kappa shape index (κ1) is 27.8. The van der Waals surface area contributed by atoms with Gasteiger partial charge in [-0.2, -0.15) is 9.78 Å². The van der Waals surface area contributed by atoms with Crippen molar-refractivity contribution in [3.05, 3.63) is 93.9 Å². The molecular weight excluding hydrogens is 516 g/mol. The number of methoxy groups -OCH3 is 1. The molecule has 0 radical (unpaired) electrons. The van der Waals surface area contributed by atoms with E-state index in [1.54, 1.807) is 19.2 Å². The van der Waals surface area contributed by atoms with Gasteiger partial charge in [-0.05, 0) is 68.1 Å². The minimum atomic E-state index is -0.534. The second-order valence-electron chi connectivity index (χ2n) is 10.3. The van der Waals surface area contributed by atoms with Gasteiger partial charge in [0.2, 0.25) is 0 Å². The number of esters is 1. The van der Waals surface area contributed by atoms with E-state index < -0.39 is 6.04 Å². The number of fused-ring (bicyclic) bond motifs is 2. The lowest BCUT2D eigenvalue weighted by Gasteiger charge is -2.18. The van der Waals surface area contributed by atoms with E-state index in [2.05, 4.69) is 19.9 Å². The summed E-state index contributed by atoms with van der Waals surface area (Å²) < 4.78 is 14.1. The third kappa shape index (κ3) is 5.13. The van der Waals surface area contributed by atoms with Crippen LogP contribution in [0.15, 0.2) is 76.8 Å². The van der Waals surface area contributed by atoms with Gasteiger partial charge in [-0.1, -0.05) is 44.2 Å². The van der Waals surface area contributed by atoms with Gasteiger partial charge in [-0.25, -0.2) is 9.78 Å². The number of benzene rings is 3. The molecule has 0 N–H and O–H groups in total. The predicted octanol–water partition coefficient (Wildman–Crippen LogP) is 6.46. The van der Waals surface area contributed by atoms with Gasteiger partial charge in [0.25, 0.3) is 5.56 Å². The smallest absolute Gasteiger partial charge is 0.328 e. The first-order chi connectivity index (χ1) is 19.7. The average Bonchev–Trinajstić information content (AvgIpc) is 3.34.